The highest BCUT2D eigenvalue weighted by atomic mass is 79.9. The maximum absolute atomic E-state index is 11.7. The van der Waals surface area contributed by atoms with E-state index in [2.05, 4.69) is 33.6 Å². The van der Waals surface area contributed by atoms with Crippen LogP contribution in [0.5, 0.6) is 0 Å². The lowest BCUT2D eigenvalue weighted by molar-refractivity contribution is 0.593. The van der Waals surface area contributed by atoms with Crippen molar-refractivity contribution in [2.75, 3.05) is 12.8 Å². The van der Waals surface area contributed by atoms with Gasteiger partial charge < -0.3 is 5.32 Å². The van der Waals surface area contributed by atoms with Crippen molar-refractivity contribution in [1.29, 1.82) is 0 Å². The first kappa shape index (κ1) is 16.7. The number of rotatable bonds is 6. The lowest BCUT2D eigenvalue weighted by Gasteiger charge is -2.19. The Balaban J connectivity index is 2.44. The molecule has 1 aromatic heterocycles. The van der Waals surface area contributed by atoms with Gasteiger partial charge in [0.1, 0.15) is 0 Å². The highest BCUT2D eigenvalue weighted by Gasteiger charge is 2.18. The van der Waals surface area contributed by atoms with Crippen LogP contribution in [0.1, 0.15) is 30.5 Å². The van der Waals surface area contributed by atoms with Crippen LogP contribution in [0, 0.1) is 0 Å². The first-order chi connectivity index (χ1) is 9.93. The number of benzene rings is 1. The van der Waals surface area contributed by atoms with Crippen LogP contribution < -0.4 is 5.32 Å². The molecular weight excluding hydrogens is 370 g/mol. The molecule has 0 aliphatic rings. The van der Waals surface area contributed by atoms with Gasteiger partial charge in [-0.05, 0) is 57.5 Å². The van der Waals surface area contributed by atoms with Crippen molar-refractivity contribution in [1.82, 2.24) is 5.32 Å². The van der Waals surface area contributed by atoms with E-state index in [1.165, 1.54) is 6.26 Å². The van der Waals surface area contributed by atoms with Gasteiger partial charge in [-0.15, -0.1) is 0 Å². The molecule has 0 bridgehead atoms. The fourth-order valence-corrected chi connectivity index (χ4v) is 4.35. The number of nitrogens with one attached hydrogen (secondary N) is 1. The number of sulfone groups is 1. The van der Waals surface area contributed by atoms with E-state index in [9.17, 15) is 8.42 Å². The van der Waals surface area contributed by atoms with E-state index in [-0.39, 0.29) is 6.04 Å². The van der Waals surface area contributed by atoms with E-state index >= 15 is 0 Å². The summed E-state index contributed by atoms with van der Waals surface area (Å²) in [6, 6.07) is 7.15. The largest absolute Gasteiger partial charge is 0.306 e. The van der Waals surface area contributed by atoms with Crippen molar-refractivity contribution in [2.45, 2.75) is 24.3 Å². The monoisotopic (exact) mass is 387 g/mol. The number of thiophene rings is 1. The zero-order chi connectivity index (χ0) is 15.5. The summed E-state index contributed by atoms with van der Waals surface area (Å²) < 4.78 is 24.5. The summed E-state index contributed by atoms with van der Waals surface area (Å²) in [5.41, 5.74) is 2.10. The van der Waals surface area contributed by atoms with E-state index in [0.717, 1.165) is 28.6 Å². The number of halogens is 1. The Bertz CT molecular complexity index is 710. The van der Waals surface area contributed by atoms with Crippen LogP contribution >= 0.6 is 27.3 Å². The molecule has 0 saturated carbocycles. The van der Waals surface area contributed by atoms with Gasteiger partial charge in [0.15, 0.2) is 9.84 Å². The van der Waals surface area contributed by atoms with Crippen LogP contribution in [-0.2, 0) is 9.84 Å². The van der Waals surface area contributed by atoms with Crippen LogP contribution in [0.2, 0.25) is 0 Å². The lowest BCUT2D eigenvalue weighted by atomic mass is 10.0. The van der Waals surface area contributed by atoms with Crippen LogP contribution in [-0.4, -0.2) is 21.2 Å². The summed E-state index contributed by atoms with van der Waals surface area (Å²) in [6.07, 6.45) is 2.26. The maximum Gasteiger partial charge on any atom is 0.175 e. The standard InChI is InChI=1S/C15H18BrNO2S2/c1-3-7-17-15(13-9-20-10-14(13)16)11-5-4-6-12(8-11)21(2,18)19/h4-6,8-10,15,17H,3,7H2,1-2H3. The third-order valence-electron chi connectivity index (χ3n) is 3.17. The fourth-order valence-electron chi connectivity index (χ4n) is 2.12. The normalized spacial score (nSPS) is 13.3. The highest BCUT2D eigenvalue weighted by Crippen LogP contribution is 2.32. The predicted octanol–water partition coefficient (Wildman–Crippen LogP) is 4.00. The molecule has 2 aromatic rings. The van der Waals surface area contributed by atoms with Crippen molar-refractivity contribution in [2.24, 2.45) is 0 Å². The highest BCUT2D eigenvalue weighted by molar-refractivity contribution is 9.10. The summed E-state index contributed by atoms with van der Waals surface area (Å²) in [5.74, 6) is 0. The maximum atomic E-state index is 11.7. The number of hydrogen-bond acceptors (Lipinski definition) is 4. The van der Waals surface area contributed by atoms with Crippen molar-refractivity contribution < 1.29 is 8.42 Å². The molecule has 114 valence electrons. The van der Waals surface area contributed by atoms with Crippen molar-refractivity contribution in [3.05, 3.63) is 50.6 Å². The molecule has 1 heterocycles. The van der Waals surface area contributed by atoms with Crippen molar-refractivity contribution >= 4 is 37.1 Å². The topological polar surface area (TPSA) is 46.2 Å². The van der Waals surface area contributed by atoms with Crippen LogP contribution in [0.15, 0.2) is 44.4 Å². The van der Waals surface area contributed by atoms with Gasteiger partial charge in [0, 0.05) is 16.1 Å². The van der Waals surface area contributed by atoms with Crippen LogP contribution in [0.4, 0.5) is 0 Å². The van der Waals surface area contributed by atoms with Gasteiger partial charge in [0.2, 0.25) is 0 Å². The quantitative estimate of drug-likeness (QED) is 0.814. The molecular formula is C15H18BrNO2S2. The summed E-state index contributed by atoms with van der Waals surface area (Å²) >= 11 is 5.19. The zero-order valence-corrected chi connectivity index (χ0v) is 15.2. The minimum atomic E-state index is -3.20. The molecule has 1 N–H and O–H groups in total. The average molecular weight is 388 g/mol. The van der Waals surface area contributed by atoms with E-state index in [1.54, 1.807) is 29.5 Å². The molecule has 0 aliphatic heterocycles. The Hall–Kier alpha value is -0.690. The Morgan fingerprint density at radius 1 is 1.33 bits per heavy atom. The molecule has 1 aromatic carbocycles. The van der Waals surface area contributed by atoms with E-state index < -0.39 is 9.84 Å². The van der Waals surface area contributed by atoms with Gasteiger partial charge in [0.25, 0.3) is 0 Å². The smallest absolute Gasteiger partial charge is 0.175 e. The van der Waals surface area contributed by atoms with E-state index in [0.29, 0.717) is 4.90 Å². The lowest BCUT2D eigenvalue weighted by Crippen LogP contribution is -2.23. The third-order valence-corrected chi connectivity index (χ3v) is 6.03. The summed E-state index contributed by atoms with van der Waals surface area (Å²) in [7, 11) is -3.20. The molecule has 3 nitrogen and oxygen atoms in total. The minimum absolute atomic E-state index is 0.00715. The SMILES string of the molecule is CCCNC(c1cccc(S(C)(=O)=O)c1)c1cscc1Br. The first-order valence-electron chi connectivity index (χ1n) is 6.68. The Morgan fingerprint density at radius 3 is 2.67 bits per heavy atom. The molecule has 0 amide bonds. The summed E-state index contributed by atoms with van der Waals surface area (Å²) in [4.78, 5) is 0.356. The average Bonchev–Trinajstić information content (AvgIpc) is 2.85. The third kappa shape index (κ3) is 4.16. The Morgan fingerprint density at radius 2 is 2.10 bits per heavy atom. The van der Waals surface area contributed by atoms with Crippen molar-refractivity contribution in [3.63, 3.8) is 0 Å². The Labute approximate surface area is 138 Å². The molecule has 0 fully saturated rings. The van der Waals surface area contributed by atoms with Gasteiger partial charge in [-0.1, -0.05) is 19.1 Å². The van der Waals surface area contributed by atoms with Gasteiger partial charge in [-0.25, -0.2) is 8.42 Å². The molecule has 0 aliphatic carbocycles. The molecule has 6 heteroatoms. The van der Waals surface area contributed by atoms with Gasteiger partial charge in [-0.3, -0.25) is 0 Å². The van der Waals surface area contributed by atoms with Crippen molar-refractivity contribution in [3.8, 4) is 0 Å². The second-order valence-electron chi connectivity index (χ2n) is 4.91. The fraction of sp³-hybridized carbons (Fsp3) is 0.333. The van der Waals surface area contributed by atoms with Gasteiger partial charge in [-0.2, -0.15) is 11.3 Å². The molecule has 0 radical (unpaired) electrons. The zero-order valence-electron chi connectivity index (χ0n) is 12.0. The van der Waals surface area contributed by atoms with Crippen LogP contribution in [0.25, 0.3) is 0 Å². The predicted molar refractivity (Wildman–Crippen MR) is 91.7 cm³/mol. The molecule has 1 atom stereocenters. The first-order valence-corrected chi connectivity index (χ1v) is 10.3. The number of hydrogen-bond donors (Lipinski definition) is 1. The molecule has 2 rings (SSSR count). The van der Waals surface area contributed by atoms with Gasteiger partial charge in [0.05, 0.1) is 10.9 Å². The van der Waals surface area contributed by atoms with Gasteiger partial charge >= 0.3 is 0 Å². The summed E-state index contributed by atoms with van der Waals surface area (Å²) in [6.45, 7) is 2.98. The molecule has 0 spiro atoms. The van der Waals surface area contributed by atoms with E-state index in [4.69, 9.17) is 0 Å². The molecule has 1 unspecified atom stereocenters. The molecule has 21 heavy (non-hydrogen) atoms. The Kier molecular flexibility index (Phi) is 5.60. The molecule has 0 saturated heterocycles. The second kappa shape index (κ2) is 7.05. The summed E-state index contributed by atoms with van der Waals surface area (Å²) in [5, 5.41) is 7.62. The minimum Gasteiger partial charge on any atom is -0.306 e. The van der Waals surface area contributed by atoms with Crippen LogP contribution in [0.3, 0.4) is 0 Å². The second-order valence-corrected chi connectivity index (χ2v) is 8.52. The van der Waals surface area contributed by atoms with E-state index in [1.807, 2.05) is 11.4 Å².